The molecular formula is C19H19Cl2N3OS. The van der Waals surface area contributed by atoms with Crippen LogP contribution in [0.5, 0.6) is 0 Å². The molecule has 0 aliphatic carbocycles. The molecule has 3 heterocycles. The standard InChI is InChI=1S/C19H19Cl2N3OS/c20-13-6-4-12(5-7-13)15-11-26-18-16(15)17(22-19(21)23-18)24-9-2-1-3-14(24)8-10-25/h4-7,11,14,25H,1-3,8-10H2. The van der Waals surface area contributed by atoms with Crippen molar-refractivity contribution in [2.24, 2.45) is 0 Å². The topological polar surface area (TPSA) is 49.2 Å². The van der Waals surface area contributed by atoms with Crippen LogP contribution in [-0.2, 0) is 0 Å². The predicted molar refractivity (Wildman–Crippen MR) is 110 cm³/mol. The molecule has 1 aromatic carbocycles. The number of benzene rings is 1. The van der Waals surface area contributed by atoms with Crippen molar-refractivity contribution in [2.75, 3.05) is 18.1 Å². The molecule has 1 unspecified atom stereocenters. The smallest absolute Gasteiger partial charge is 0.225 e. The summed E-state index contributed by atoms with van der Waals surface area (Å²) in [4.78, 5) is 12.2. The second-order valence-corrected chi connectivity index (χ2v) is 8.14. The van der Waals surface area contributed by atoms with Gasteiger partial charge in [0.05, 0.1) is 5.39 Å². The van der Waals surface area contributed by atoms with E-state index in [1.54, 1.807) is 11.3 Å². The van der Waals surface area contributed by atoms with Gasteiger partial charge in [0.2, 0.25) is 5.28 Å². The van der Waals surface area contributed by atoms with Gasteiger partial charge < -0.3 is 10.0 Å². The van der Waals surface area contributed by atoms with Crippen LogP contribution in [0.1, 0.15) is 25.7 Å². The first-order chi connectivity index (χ1) is 12.7. The SMILES string of the molecule is OCCC1CCCCN1c1nc(Cl)nc2scc(-c3ccc(Cl)cc3)c12. The third-order valence-electron chi connectivity index (χ3n) is 4.90. The summed E-state index contributed by atoms with van der Waals surface area (Å²) >= 11 is 13.9. The number of hydrogen-bond donors (Lipinski definition) is 1. The maximum Gasteiger partial charge on any atom is 0.225 e. The zero-order chi connectivity index (χ0) is 18.1. The molecule has 1 atom stereocenters. The molecule has 7 heteroatoms. The number of thiophene rings is 1. The molecule has 0 bridgehead atoms. The first-order valence-corrected chi connectivity index (χ1v) is 10.4. The summed E-state index contributed by atoms with van der Waals surface area (Å²) in [5.74, 6) is 0.879. The lowest BCUT2D eigenvalue weighted by Crippen LogP contribution is -2.40. The Morgan fingerprint density at radius 1 is 1.15 bits per heavy atom. The van der Waals surface area contributed by atoms with Gasteiger partial charge in [-0.1, -0.05) is 23.7 Å². The number of hydrogen-bond acceptors (Lipinski definition) is 5. The minimum absolute atomic E-state index is 0.177. The van der Waals surface area contributed by atoms with Crippen molar-refractivity contribution >= 4 is 50.6 Å². The molecule has 0 saturated carbocycles. The van der Waals surface area contributed by atoms with Crippen molar-refractivity contribution in [3.63, 3.8) is 0 Å². The van der Waals surface area contributed by atoms with E-state index in [-0.39, 0.29) is 17.9 Å². The van der Waals surface area contributed by atoms with Gasteiger partial charge in [-0.25, -0.2) is 4.98 Å². The van der Waals surface area contributed by atoms with Gasteiger partial charge in [-0.15, -0.1) is 11.3 Å². The van der Waals surface area contributed by atoms with Crippen LogP contribution in [0.15, 0.2) is 29.6 Å². The number of anilines is 1. The van der Waals surface area contributed by atoms with Crippen molar-refractivity contribution in [2.45, 2.75) is 31.7 Å². The molecule has 1 fully saturated rings. The Hall–Kier alpha value is -1.40. The number of rotatable bonds is 4. The van der Waals surface area contributed by atoms with Crippen LogP contribution in [0.2, 0.25) is 10.3 Å². The Labute approximate surface area is 166 Å². The van der Waals surface area contributed by atoms with Gasteiger partial charge in [0.25, 0.3) is 0 Å². The van der Waals surface area contributed by atoms with E-state index in [1.807, 2.05) is 24.3 Å². The number of aliphatic hydroxyl groups is 1. The third kappa shape index (κ3) is 3.41. The molecule has 4 rings (SSSR count). The Bertz CT molecular complexity index is 911. The van der Waals surface area contributed by atoms with Crippen LogP contribution in [0.4, 0.5) is 5.82 Å². The Morgan fingerprint density at radius 3 is 2.73 bits per heavy atom. The van der Waals surface area contributed by atoms with Gasteiger partial charge in [0.1, 0.15) is 10.6 Å². The fourth-order valence-corrected chi connectivity index (χ4v) is 4.96. The van der Waals surface area contributed by atoms with Crippen molar-refractivity contribution < 1.29 is 5.11 Å². The van der Waals surface area contributed by atoms with E-state index >= 15 is 0 Å². The number of aliphatic hydroxyl groups excluding tert-OH is 1. The van der Waals surface area contributed by atoms with Crippen LogP contribution in [0.25, 0.3) is 21.3 Å². The highest BCUT2D eigenvalue weighted by atomic mass is 35.5. The highest BCUT2D eigenvalue weighted by Crippen LogP contribution is 2.41. The average Bonchev–Trinajstić information content (AvgIpc) is 3.06. The Balaban J connectivity index is 1.87. The first kappa shape index (κ1) is 18.0. The van der Waals surface area contributed by atoms with E-state index < -0.39 is 0 Å². The fraction of sp³-hybridized carbons (Fsp3) is 0.368. The van der Waals surface area contributed by atoms with Gasteiger partial charge in [-0.3, -0.25) is 0 Å². The molecular weight excluding hydrogens is 389 g/mol. The van der Waals surface area contributed by atoms with E-state index in [1.165, 1.54) is 6.42 Å². The second-order valence-electron chi connectivity index (χ2n) is 6.51. The van der Waals surface area contributed by atoms with Crippen LogP contribution >= 0.6 is 34.5 Å². The summed E-state index contributed by atoms with van der Waals surface area (Å²) in [5, 5.41) is 13.6. The number of piperidine rings is 1. The van der Waals surface area contributed by atoms with Crippen LogP contribution in [0, 0.1) is 0 Å². The maximum atomic E-state index is 9.47. The molecule has 1 N–H and O–H groups in total. The molecule has 0 radical (unpaired) electrons. The molecule has 0 amide bonds. The summed E-state index contributed by atoms with van der Waals surface area (Å²) in [6.45, 7) is 1.10. The molecule has 4 nitrogen and oxygen atoms in total. The molecule has 26 heavy (non-hydrogen) atoms. The highest BCUT2D eigenvalue weighted by Gasteiger charge is 2.27. The van der Waals surface area contributed by atoms with Gasteiger partial charge in [0.15, 0.2) is 0 Å². The lowest BCUT2D eigenvalue weighted by molar-refractivity contribution is 0.262. The molecule has 3 aromatic rings. The molecule has 1 aliphatic heterocycles. The van der Waals surface area contributed by atoms with E-state index in [0.29, 0.717) is 5.02 Å². The molecule has 1 aliphatic rings. The van der Waals surface area contributed by atoms with Crippen LogP contribution in [0.3, 0.4) is 0 Å². The second kappa shape index (κ2) is 7.69. The van der Waals surface area contributed by atoms with Gasteiger partial charge >= 0.3 is 0 Å². The number of aromatic nitrogens is 2. The maximum absolute atomic E-state index is 9.47. The normalized spacial score (nSPS) is 17.8. The van der Waals surface area contributed by atoms with Gasteiger partial charge in [0, 0.05) is 35.2 Å². The molecule has 0 spiro atoms. The summed E-state index contributed by atoms with van der Waals surface area (Å²) in [5.41, 5.74) is 2.19. The lowest BCUT2D eigenvalue weighted by Gasteiger charge is -2.37. The largest absolute Gasteiger partial charge is 0.396 e. The average molecular weight is 408 g/mol. The van der Waals surface area contributed by atoms with Gasteiger partial charge in [-0.05, 0) is 55.0 Å². The highest BCUT2D eigenvalue weighted by molar-refractivity contribution is 7.17. The molecule has 1 saturated heterocycles. The molecule has 136 valence electrons. The van der Waals surface area contributed by atoms with Crippen molar-refractivity contribution in [3.8, 4) is 11.1 Å². The number of halogens is 2. The summed E-state index contributed by atoms with van der Waals surface area (Å²) in [6, 6.07) is 8.10. The predicted octanol–water partition coefficient (Wildman–Crippen LogP) is 5.41. The zero-order valence-electron chi connectivity index (χ0n) is 14.2. The zero-order valence-corrected chi connectivity index (χ0v) is 16.5. The fourth-order valence-electron chi connectivity index (χ4n) is 3.68. The summed E-state index contributed by atoms with van der Waals surface area (Å²) in [7, 11) is 0. The van der Waals surface area contributed by atoms with Gasteiger partial charge in [-0.2, -0.15) is 4.98 Å². The number of nitrogens with zero attached hydrogens (tertiary/aromatic N) is 3. The Morgan fingerprint density at radius 2 is 1.96 bits per heavy atom. The first-order valence-electron chi connectivity index (χ1n) is 8.75. The minimum atomic E-state index is 0.177. The van der Waals surface area contributed by atoms with Crippen LogP contribution < -0.4 is 4.90 Å². The van der Waals surface area contributed by atoms with Crippen molar-refractivity contribution in [1.29, 1.82) is 0 Å². The van der Waals surface area contributed by atoms with E-state index in [2.05, 4.69) is 20.2 Å². The monoisotopic (exact) mass is 407 g/mol. The lowest BCUT2D eigenvalue weighted by atomic mass is 9.98. The van der Waals surface area contributed by atoms with E-state index in [0.717, 1.165) is 53.0 Å². The van der Waals surface area contributed by atoms with Crippen molar-refractivity contribution in [3.05, 3.63) is 40.0 Å². The Kier molecular flexibility index (Phi) is 5.32. The quantitative estimate of drug-likeness (QED) is 0.587. The third-order valence-corrected chi connectivity index (χ3v) is 6.20. The minimum Gasteiger partial charge on any atom is -0.396 e. The van der Waals surface area contributed by atoms with E-state index in [9.17, 15) is 5.11 Å². The number of fused-ring (bicyclic) bond motifs is 1. The van der Waals surface area contributed by atoms with E-state index in [4.69, 9.17) is 23.2 Å². The molecule has 2 aromatic heterocycles. The van der Waals surface area contributed by atoms with Crippen molar-refractivity contribution in [1.82, 2.24) is 9.97 Å². The van der Waals surface area contributed by atoms with Crippen LogP contribution in [-0.4, -0.2) is 34.3 Å². The summed E-state index contributed by atoms with van der Waals surface area (Å²) in [6.07, 6.45) is 4.09. The summed E-state index contributed by atoms with van der Waals surface area (Å²) < 4.78 is 0.